The summed E-state index contributed by atoms with van der Waals surface area (Å²) >= 11 is 1.57. The molecule has 0 N–H and O–H groups in total. The zero-order chi connectivity index (χ0) is 15.7. The number of imidazole rings is 1. The van der Waals surface area contributed by atoms with Gasteiger partial charge < -0.3 is 9.13 Å². The normalized spacial score (nSPS) is 11.7. The van der Waals surface area contributed by atoms with Crippen molar-refractivity contribution in [1.29, 1.82) is 0 Å². The quantitative estimate of drug-likeness (QED) is 0.673. The molecule has 7 heteroatoms. The molecule has 0 fully saturated rings. The van der Waals surface area contributed by atoms with Crippen LogP contribution in [0.15, 0.2) is 29.7 Å². The van der Waals surface area contributed by atoms with Crippen molar-refractivity contribution in [3.05, 3.63) is 36.2 Å². The maximum absolute atomic E-state index is 13.9. The SMILES string of the molecule is CCn1c(CSc2nncn2C(C)C)nc2c(F)cccc21. The summed E-state index contributed by atoms with van der Waals surface area (Å²) in [5.74, 6) is 1.21. The van der Waals surface area contributed by atoms with E-state index >= 15 is 0 Å². The second kappa shape index (κ2) is 6.08. The largest absolute Gasteiger partial charge is 0.327 e. The van der Waals surface area contributed by atoms with Gasteiger partial charge >= 0.3 is 0 Å². The molecule has 0 saturated heterocycles. The van der Waals surface area contributed by atoms with Gasteiger partial charge in [0.1, 0.15) is 17.7 Å². The van der Waals surface area contributed by atoms with E-state index in [4.69, 9.17) is 0 Å². The van der Waals surface area contributed by atoms with Gasteiger partial charge in [0.2, 0.25) is 0 Å². The van der Waals surface area contributed by atoms with Crippen LogP contribution in [0.1, 0.15) is 32.6 Å². The Morgan fingerprint density at radius 3 is 2.86 bits per heavy atom. The van der Waals surface area contributed by atoms with Gasteiger partial charge in [0.05, 0.1) is 11.3 Å². The second-order valence-corrected chi connectivity index (χ2v) is 6.23. The van der Waals surface area contributed by atoms with E-state index in [9.17, 15) is 4.39 Å². The average Bonchev–Trinajstić information content (AvgIpc) is 3.09. The highest BCUT2D eigenvalue weighted by Gasteiger charge is 2.15. The molecule has 0 atom stereocenters. The first-order valence-corrected chi connectivity index (χ1v) is 8.26. The topological polar surface area (TPSA) is 48.5 Å². The molecule has 0 bridgehead atoms. The van der Waals surface area contributed by atoms with E-state index in [1.54, 1.807) is 24.2 Å². The molecule has 0 aliphatic carbocycles. The summed E-state index contributed by atoms with van der Waals surface area (Å²) in [6.45, 7) is 6.97. The second-order valence-electron chi connectivity index (χ2n) is 5.28. The van der Waals surface area contributed by atoms with Crippen LogP contribution in [0.2, 0.25) is 0 Å². The minimum atomic E-state index is -0.277. The van der Waals surface area contributed by atoms with Crippen LogP contribution in [0.25, 0.3) is 11.0 Å². The Morgan fingerprint density at radius 2 is 2.14 bits per heavy atom. The van der Waals surface area contributed by atoms with Crippen LogP contribution in [0.3, 0.4) is 0 Å². The molecule has 0 unspecified atom stereocenters. The Morgan fingerprint density at radius 1 is 1.32 bits per heavy atom. The van der Waals surface area contributed by atoms with Gasteiger partial charge in [-0.15, -0.1) is 10.2 Å². The highest BCUT2D eigenvalue weighted by Crippen LogP contribution is 2.26. The van der Waals surface area contributed by atoms with E-state index in [1.165, 1.54) is 6.07 Å². The van der Waals surface area contributed by atoms with Gasteiger partial charge in [-0.1, -0.05) is 17.8 Å². The molecule has 1 aromatic carbocycles. The first-order chi connectivity index (χ1) is 10.6. The molecule has 0 aliphatic rings. The van der Waals surface area contributed by atoms with E-state index in [1.807, 2.05) is 22.1 Å². The first kappa shape index (κ1) is 15.0. The number of halogens is 1. The third kappa shape index (κ3) is 2.61. The molecule has 22 heavy (non-hydrogen) atoms. The Kier molecular flexibility index (Phi) is 4.15. The number of hydrogen-bond acceptors (Lipinski definition) is 4. The van der Waals surface area contributed by atoms with Gasteiger partial charge in [0.15, 0.2) is 11.0 Å². The predicted octanol–water partition coefficient (Wildman–Crippen LogP) is 3.66. The fourth-order valence-electron chi connectivity index (χ4n) is 2.44. The fourth-order valence-corrected chi connectivity index (χ4v) is 3.43. The molecule has 3 aromatic rings. The Labute approximate surface area is 132 Å². The van der Waals surface area contributed by atoms with Crippen LogP contribution in [-0.2, 0) is 12.3 Å². The molecule has 0 aliphatic heterocycles. The molecule has 0 radical (unpaired) electrons. The molecular weight excluding hydrogens is 301 g/mol. The Hall–Kier alpha value is -1.89. The maximum atomic E-state index is 13.9. The van der Waals surface area contributed by atoms with E-state index in [0.29, 0.717) is 17.3 Å². The van der Waals surface area contributed by atoms with Gasteiger partial charge in [0.25, 0.3) is 0 Å². The zero-order valence-corrected chi connectivity index (χ0v) is 13.6. The van der Waals surface area contributed by atoms with E-state index in [-0.39, 0.29) is 5.82 Å². The van der Waals surface area contributed by atoms with Crippen LogP contribution < -0.4 is 0 Å². The standard InChI is InChI=1S/C15H18FN5S/c1-4-20-12-7-5-6-11(16)14(12)18-13(20)8-22-15-19-17-9-21(15)10(2)3/h5-7,9-10H,4,8H2,1-3H3. The molecule has 116 valence electrons. The van der Waals surface area contributed by atoms with Crippen LogP contribution in [-0.4, -0.2) is 24.3 Å². The monoisotopic (exact) mass is 319 g/mol. The number of aromatic nitrogens is 5. The van der Waals surface area contributed by atoms with Gasteiger partial charge in [-0.3, -0.25) is 0 Å². The van der Waals surface area contributed by atoms with Crippen molar-refractivity contribution < 1.29 is 4.39 Å². The van der Waals surface area contributed by atoms with Crippen LogP contribution in [0, 0.1) is 5.82 Å². The zero-order valence-electron chi connectivity index (χ0n) is 12.8. The van der Waals surface area contributed by atoms with Crippen LogP contribution >= 0.6 is 11.8 Å². The summed E-state index contributed by atoms with van der Waals surface area (Å²) in [4.78, 5) is 4.47. The Balaban J connectivity index is 1.91. The molecule has 2 aromatic heterocycles. The lowest BCUT2D eigenvalue weighted by Gasteiger charge is -2.09. The lowest BCUT2D eigenvalue weighted by molar-refractivity contribution is 0.549. The van der Waals surface area contributed by atoms with Crippen molar-refractivity contribution in [1.82, 2.24) is 24.3 Å². The smallest absolute Gasteiger partial charge is 0.191 e. The summed E-state index contributed by atoms with van der Waals surface area (Å²) in [7, 11) is 0. The van der Waals surface area contributed by atoms with Crippen molar-refractivity contribution in [3.8, 4) is 0 Å². The van der Waals surface area contributed by atoms with Crippen molar-refractivity contribution in [2.24, 2.45) is 0 Å². The third-order valence-corrected chi connectivity index (χ3v) is 4.51. The number of thioether (sulfide) groups is 1. The van der Waals surface area contributed by atoms with Crippen molar-refractivity contribution in [2.75, 3.05) is 0 Å². The molecule has 0 saturated carbocycles. The van der Waals surface area contributed by atoms with Gasteiger partial charge in [-0.05, 0) is 32.9 Å². The minimum absolute atomic E-state index is 0.277. The number of aryl methyl sites for hydroxylation is 1. The van der Waals surface area contributed by atoms with E-state index < -0.39 is 0 Å². The third-order valence-electron chi connectivity index (χ3n) is 3.55. The molecule has 2 heterocycles. The lowest BCUT2D eigenvalue weighted by atomic mass is 10.3. The number of para-hydroxylation sites is 1. The molecule has 3 rings (SSSR count). The van der Waals surface area contributed by atoms with E-state index in [2.05, 4.69) is 29.0 Å². The highest BCUT2D eigenvalue weighted by molar-refractivity contribution is 7.98. The van der Waals surface area contributed by atoms with Gasteiger partial charge in [-0.2, -0.15) is 0 Å². The van der Waals surface area contributed by atoms with Crippen molar-refractivity contribution >= 4 is 22.8 Å². The van der Waals surface area contributed by atoms with Gasteiger partial charge in [0, 0.05) is 12.6 Å². The lowest BCUT2D eigenvalue weighted by Crippen LogP contribution is -2.03. The van der Waals surface area contributed by atoms with Crippen LogP contribution in [0.5, 0.6) is 0 Å². The summed E-state index contributed by atoms with van der Waals surface area (Å²) < 4.78 is 18.0. The van der Waals surface area contributed by atoms with Crippen molar-refractivity contribution in [3.63, 3.8) is 0 Å². The van der Waals surface area contributed by atoms with Crippen molar-refractivity contribution in [2.45, 2.75) is 44.3 Å². The fraction of sp³-hybridized carbons (Fsp3) is 0.400. The molecule has 0 amide bonds. The average molecular weight is 319 g/mol. The first-order valence-electron chi connectivity index (χ1n) is 7.27. The number of fused-ring (bicyclic) bond motifs is 1. The highest BCUT2D eigenvalue weighted by atomic mass is 32.2. The molecule has 5 nitrogen and oxygen atoms in total. The summed E-state index contributed by atoms with van der Waals surface area (Å²) in [5, 5.41) is 8.96. The maximum Gasteiger partial charge on any atom is 0.191 e. The summed E-state index contributed by atoms with van der Waals surface area (Å²) in [6.07, 6.45) is 1.73. The number of rotatable bonds is 5. The van der Waals surface area contributed by atoms with Crippen LogP contribution in [0.4, 0.5) is 4.39 Å². The van der Waals surface area contributed by atoms with Gasteiger partial charge in [-0.25, -0.2) is 9.37 Å². The predicted molar refractivity (Wildman–Crippen MR) is 85.3 cm³/mol. The number of nitrogens with zero attached hydrogens (tertiary/aromatic N) is 5. The minimum Gasteiger partial charge on any atom is -0.327 e. The number of hydrogen-bond donors (Lipinski definition) is 0. The summed E-state index contributed by atoms with van der Waals surface area (Å²) in [5.41, 5.74) is 1.27. The number of benzene rings is 1. The summed E-state index contributed by atoms with van der Waals surface area (Å²) in [6, 6.07) is 5.37. The van der Waals surface area contributed by atoms with E-state index in [0.717, 1.165) is 23.0 Å². The molecule has 0 spiro atoms. The Bertz CT molecular complexity index is 792. The molecular formula is C15H18FN5S.